The number of nitrogens with zero attached hydrogens (tertiary/aromatic N) is 1. The molecule has 1 heterocycles. The molecule has 0 amide bonds. The van der Waals surface area contributed by atoms with Gasteiger partial charge in [-0.2, -0.15) is 13.2 Å². The molecule has 0 spiro atoms. The predicted octanol–water partition coefficient (Wildman–Crippen LogP) is 3.89. The zero-order valence-corrected chi connectivity index (χ0v) is 11.8. The van der Waals surface area contributed by atoms with E-state index >= 15 is 0 Å². The smallest absolute Gasteiger partial charge is 0.271 e. The summed E-state index contributed by atoms with van der Waals surface area (Å²) in [5.74, 6) is 5.60. The summed E-state index contributed by atoms with van der Waals surface area (Å²) in [6.07, 6.45) is 5.14. The first-order chi connectivity index (χ1) is 10.0. The predicted molar refractivity (Wildman–Crippen MR) is 75.1 cm³/mol. The summed E-state index contributed by atoms with van der Waals surface area (Å²) < 4.78 is 37.7. The van der Waals surface area contributed by atoms with E-state index in [4.69, 9.17) is 5.84 Å². The molecular weight excluding hydrogens is 279 g/mol. The molecule has 0 aliphatic heterocycles. The summed E-state index contributed by atoms with van der Waals surface area (Å²) >= 11 is 0. The Labute approximate surface area is 122 Å². The molecule has 1 aliphatic carbocycles. The quantitative estimate of drug-likeness (QED) is 0.506. The maximum Gasteiger partial charge on any atom is 0.417 e. The molecule has 0 saturated carbocycles. The Morgan fingerprint density at radius 3 is 2.52 bits per heavy atom. The van der Waals surface area contributed by atoms with Crippen molar-refractivity contribution in [2.45, 2.75) is 50.7 Å². The van der Waals surface area contributed by atoms with Crippen LogP contribution in [-0.2, 0) is 6.18 Å². The number of nitrogens with one attached hydrogen (secondary N) is 1. The van der Waals surface area contributed by atoms with Crippen molar-refractivity contribution in [1.29, 1.82) is 0 Å². The van der Waals surface area contributed by atoms with E-state index in [-0.39, 0.29) is 6.04 Å². The number of hydrogen-bond acceptors (Lipinski definition) is 3. The largest absolute Gasteiger partial charge is 0.417 e. The highest BCUT2D eigenvalue weighted by atomic mass is 19.4. The SMILES string of the molecule is NNC(/C1=C/CCCCCC1)c1ccc(C(F)(F)F)cn1. The highest BCUT2D eigenvalue weighted by molar-refractivity contribution is 5.26. The normalized spacial score (nSPS) is 21.0. The van der Waals surface area contributed by atoms with Crippen molar-refractivity contribution in [2.24, 2.45) is 5.84 Å². The van der Waals surface area contributed by atoms with Crippen LogP contribution >= 0.6 is 0 Å². The average molecular weight is 299 g/mol. The van der Waals surface area contributed by atoms with Gasteiger partial charge in [-0.05, 0) is 37.8 Å². The van der Waals surface area contributed by atoms with Crippen molar-refractivity contribution in [3.8, 4) is 0 Å². The average Bonchev–Trinajstić information content (AvgIpc) is 2.41. The maximum absolute atomic E-state index is 12.6. The van der Waals surface area contributed by atoms with Gasteiger partial charge in [0.15, 0.2) is 0 Å². The summed E-state index contributed by atoms with van der Waals surface area (Å²) in [6, 6.07) is 2.13. The first-order valence-electron chi connectivity index (χ1n) is 7.20. The second-order valence-electron chi connectivity index (χ2n) is 5.30. The Hall–Kier alpha value is -1.40. The number of pyridine rings is 1. The van der Waals surface area contributed by atoms with Gasteiger partial charge in [0.25, 0.3) is 0 Å². The minimum Gasteiger partial charge on any atom is -0.271 e. The molecule has 1 aliphatic rings. The van der Waals surface area contributed by atoms with Crippen LogP contribution in [0.5, 0.6) is 0 Å². The fraction of sp³-hybridized carbons (Fsp3) is 0.533. The van der Waals surface area contributed by atoms with Crippen LogP contribution in [0.15, 0.2) is 30.0 Å². The van der Waals surface area contributed by atoms with Crippen molar-refractivity contribution in [1.82, 2.24) is 10.4 Å². The van der Waals surface area contributed by atoms with E-state index in [2.05, 4.69) is 16.5 Å². The molecular formula is C15H20F3N3. The molecule has 0 bridgehead atoms. The lowest BCUT2D eigenvalue weighted by Crippen LogP contribution is -2.30. The van der Waals surface area contributed by atoms with E-state index in [1.165, 1.54) is 18.9 Å². The second-order valence-corrected chi connectivity index (χ2v) is 5.30. The molecule has 0 radical (unpaired) electrons. The Morgan fingerprint density at radius 2 is 1.90 bits per heavy atom. The summed E-state index contributed by atoms with van der Waals surface area (Å²) in [5.41, 5.74) is 3.58. The van der Waals surface area contributed by atoms with Gasteiger partial charge in [0, 0.05) is 6.20 Å². The standard InChI is InChI=1S/C15H20F3N3/c16-15(17,18)12-8-9-13(20-10-12)14(21-19)11-6-4-2-1-3-5-7-11/h6,8-10,14,21H,1-5,7,19H2/b11-6+. The van der Waals surface area contributed by atoms with Crippen LogP contribution in [0.1, 0.15) is 55.8 Å². The van der Waals surface area contributed by atoms with Gasteiger partial charge in [-0.15, -0.1) is 0 Å². The molecule has 0 saturated heterocycles. The topological polar surface area (TPSA) is 50.9 Å². The van der Waals surface area contributed by atoms with E-state index in [1.807, 2.05) is 0 Å². The molecule has 6 heteroatoms. The molecule has 3 nitrogen and oxygen atoms in total. The maximum atomic E-state index is 12.6. The van der Waals surface area contributed by atoms with Crippen molar-refractivity contribution < 1.29 is 13.2 Å². The molecule has 0 fully saturated rings. The monoisotopic (exact) mass is 299 g/mol. The zero-order valence-electron chi connectivity index (χ0n) is 11.8. The van der Waals surface area contributed by atoms with E-state index in [0.717, 1.165) is 43.5 Å². The minimum absolute atomic E-state index is 0.314. The highest BCUT2D eigenvalue weighted by Gasteiger charge is 2.31. The lowest BCUT2D eigenvalue weighted by Gasteiger charge is -2.21. The van der Waals surface area contributed by atoms with Crippen LogP contribution < -0.4 is 11.3 Å². The summed E-state index contributed by atoms with van der Waals surface area (Å²) in [4.78, 5) is 3.94. The van der Waals surface area contributed by atoms with Crippen molar-refractivity contribution in [2.75, 3.05) is 0 Å². The fourth-order valence-corrected chi connectivity index (χ4v) is 2.60. The number of aromatic nitrogens is 1. The lowest BCUT2D eigenvalue weighted by molar-refractivity contribution is -0.137. The number of hydrazine groups is 1. The molecule has 3 N–H and O–H groups in total. The molecule has 21 heavy (non-hydrogen) atoms. The molecule has 2 rings (SSSR count). The number of rotatable bonds is 3. The Morgan fingerprint density at radius 1 is 1.14 bits per heavy atom. The molecule has 116 valence electrons. The fourth-order valence-electron chi connectivity index (χ4n) is 2.60. The Balaban J connectivity index is 2.20. The highest BCUT2D eigenvalue weighted by Crippen LogP contribution is 2.31. The third-order valence-electron chi connectivity index (χ3n) is 3.77. The third-order valence-corrected chi connectivity index (χ3v) is 3.77. The lowest BCUT2D eigenvalue weighted by atomic mass is 9.93. The first kappa shape index (κ1) is 16.0. The van der Waals surface area contributed by atoms with Gasteiger partial charge in [0.2, 0.25) is 0 Å². The number of halogens is 3. The van der Waals surface area contributed by atoms with Crippen molar-refractivity contribution in [3.63, 3.8) is 0 Å². The van der Waals surface area contributed by atoms with E-state index in [0.29, 0.717) is 5.69 Å². The van der Waals surface area contributed by atoms with Gasteiger partial charge in [-0.3, -0.25) is 10.8 Å². The van der Waals surface area contributed by atoms with Crippen LogP contribution in [0.4, 0.5) is 13.2 Å². The van der Waals surface area contributed by atoms with Crippen LogP contribution in [0.25, 0.3) is 0 Å². The van der Waals surface area contributed by atoms with Gasteiger partial charge in [-0.1, -0.05) is 24.5 Å². The zero-order chi connectivity index (χ0) is 15.3. The van der Waals surface area contributed by atoms with Crippen molar-refractivity contribution >= 4 is 0 Å². The van der Waals surface area contributed by atoms with Gasteiger partial charge in [-0.25, -0.2) is 5.43 Å². The Bertz CT molecular complexity index is 480. The minimum atomic E-state index is -4.36. The van der Waals surface area contributed by atoms with Gasteiger partial charge in [0.05, 0.1) is 17.3 Å². The number of allylic oxidation sites excluding steroid dienone is 1. The van der Waals surface area contributed by atoms with Crippen LogP contribution in [0.2, 0.25) is 0 Å². The molecule has 0 aromatic carbocycles. The number of alkyl halides is 3. The third kappa shape index (κ3) is 4.28. The summed E-state index contributed by atoms with van der Waals surface area (Å²) in [5, 5.41) is 0. The van der Waals surface area contributed by atoms with Gasteiger partial charge >= 0.3 is 6.18 Å². The van der Waals surface area contributed by atoms with Crippen LogP contribution in [-0.4, -0.2) is 4.98 Å². The second kappa shape index (κ2) is 7.04. The number of hydrogen-bond donors (Lipinski definition) is 2. The van der Waals surface area contributed by atoms with Crippen molar-refractivity contribution in [3.05, 3.63) is 41.2 Å². The summed E-state index contributed by atoms with van der Waals surface area (Å²) in [6.45, 7) is 0. The molecule has 1 aromatic heterocycles. The summed E-state index contributed by atoms with van der Waals surface area (Å²) in [7, 11) is 0. The van der Waals surface area contributed by atoms with Gasteiger partial charge < -0.3 is 0 Å². The van der Waals surface area contributed by atoms with Gasteiger partial charge in [0.1, 0.15) is 0 Å². The van der Waals surface area contributed by atoms with E-state index in [1.54, 1.807) is 0 Å². The Kier molecular flexibility index (Phi) is 5.36. The molecule has 1 atom stereocenters. The van der Waals surface area contributed by atoms with Crippen LogP contribution in [0, 0.1) is 0 Å². The van der Waals surface area contributed by atoms with E-state index in [9.17, 15) is 13.2 Å². The molecule has 1 aromatic rings. The molecule has 1 unspecified atom stereocenters. The first-order valence-corrected chi connectivity index (χ1v) is 7.20. The van der Waals surface area contributed by atoms with E-state index < -0.39 is 11.7 Å². The number of nitrogens with two attached hydrogens (primary N) is 1. The van der Waals surface area contributed by atoms with Crippen LogP contribution in [0.3, 0.4) is 0 Å².